The number of carbonyl (C=O) groups excluding carboxylic acids is 2. The summed E-state index contributed by atoms with van der Waals surface area (Å²) in [6.07, 6.45) is 3.79. The van der Waals surface area contributed by atoms with Gasteiger partial charge in [0.1, 0.15) is 11.6 Å². The first-order valence-electron chi connectivity index (χ1n) is 10.4. The van der Waals surface area contributed by atoms with Crippen molar-refractivity contribution in [3.05, 3.63) is 70.4 Å². The molecule has 31 heavy (non-hydrogen) atoms. The van der Waals surface area contributed by atoms with Crippen LogP contribution in [0.5, 0.6) is 5.75 Å². The molecule has 3 unspecified atom stereocenters. The zero-order chi connectivity index (χ0) is 21.8. The van der Waals surface area contributed by atoms with Gasteiger partial charge in [0, 0.05) is 34.9 Å². The number of rotatable bonds is 5. The van der Waals surface area contributed by atoms with Crippen LogP contribution in [0.4, 0.5) is 4.39 Å². The van der Waals surface area contributed by atoms with Gasteiger partial charge in [0.2, 0.25) is 5.91 Å². The molecule has 5 nitrogen and oxygen atoms in total. The molecule has 0 bridgehead atoms. The Labute approximate surface area is 185 Å². The number of methoxy groups -OCH3 is 1. The number of ether oxygens (including phenoxy) is 1. The summed E-state index contributed by atoms with van der Waals surface area (Å²) in [6, 6.07) is 14.0. The minimum absolute atomic E-state index is 0.00343. The van der Waals surface area contributed by atoms with Crippen molar-refractivity contribution in [1.29, 1.82) is 0 Å². The highest BCUT2D eigenvalue weighted by atomic mass is 32.2. The number of halogens is 1. The summed E-state index contributed by atoms with van der Waals surface area (Å²) >= 11 is 1.49. The molecule has 0 aromatic heterocycles. The average molecular weight is 441 g/mol. The lowest BCUT2D eigenvalue weighted by molar-refractivity contribution is -0.127. The van der Waals surface area contributed by atoms with E-state index < -0.39 is 0 Å². The number of amides is 2. The highest BCUT2D eigenvalue weighted by Crippen LogP contribution is 2.40. The van der Waals surface area contributed by atoms with Crippen LogP contribution in [-0.4, -0.2) is 30.2 Å². The van der Waals surface area contributed by atoms with Crippen molar-refractivity contribution in [2.45, 2.75) is 37.1 Å². The first-order chi connectivity index (χ1) is 15.0. The topological polar surface area (TPSA) is 67.4 Å². The van der Waals surface area contributed by atoms with Crippen molar-refractivity contribution in [1.82, 2.24) is 10.6 Å². The van der Waals surface area contributed by atoms with Gasteiger partial charge in [-0.05, 0) is 37.5 Å². The fourth-order valence-electron chi connectivity index (χ4n) is 4.14. The van der Waals surface area contributed by atoms with Crippen LogP contribution in [0.2, 0.25) is 0 Å². The second-order valence-electron chi connectivity index (χ2n) is 7.81. The second-order valence-corrected chi connectivity index (χ2v) is 9.09. The van der Waals surface area contributed by atoms with Gasteiger partial charge in [0.05, 0.1) is 12.0 Å². The maximum absolute atomic E-state index is 13.9. The number of carbonyl (C=O) groups is 2. The third-order valence-corrected chi connectivity index (χ3v) is 7.24. The number of nitrogens with one attached hydrogen (secondary N) is 2. The van der Waals surface area contributed by atoms with Crippen LogP contribution >= 0.6 is 11.8 Å². The summed E-state index contributed by atoms with van der Waals surface area (Å²) < 4.78 is 19.3. The Morgan fingerprint density at radius 3 is 2.81 bits per heavy atom. The van der Waals surface area contributed by atoms with Gasteiger partial charge in [-0.15, -0.1) is 11.8 Å². The van der Waals surface area contributed by atoms with E-state index in [0.717, 1.165) is 24.2 Å². The van der Waals surface area contributed by atoms with Gasteiger partial charge in [-0.3, -0.25) is 9.59 Å². The molecular weight excluding hydrogens is 415 g/mol. The summed E-state index contributed by atoms with van der Waals surface area (Å²) in [5.41, 5.74) is 1.33. The molecule has 1 aliphatic carbocycles. The standard InChI is InChI=1S/C24H25FN2O3S/c1-30-20-9-5-3-7-17(20)14-26-23(28)16-10-11-21-19(12-16)27-24(29)22(31-21)13-15-6-2-4-8-18(15)25/h2-9,13,16,19,21H,10-12,14H2,1H3,(H,26,28)(H,27,29)/b22-13+. The lowest BCUT2D eigenvalue weighted by Gasteiger charge is -2.39. The number of fused-ring (bicyclic) bond motifs is 1. The number of thioether (sulfide) groups is 1. The van der Waals surface area contributed by atoms with E-state index >= 15 is 0 Å². The van der Waals surface area contributed by atoms with Crippen molar-refractivity contribution in [3.8, 4) is 5.75 Å². The first kappa shape index (κ1) is 21.4. The van der Waals surface area contributed by atoms with Gasteiger partial charge in [0.25, 0.3) is 5.91 Å². The first-order valence-corrected chi connectivity index (χ1v) is 11.3. The van der Waals surface area contributed by atoms with E-state index in [9.17, 15) is 14.0 Å². The van der Waals surface area contributed by atoms with Crippen LogP contribution in [0.1, 0.15) is 30.4 Å². The predicted octanol–water partition coefficient (Wildman–Crippen LogP) is 3.89. The molecule has 1 heterocycles. The second kappa shape index (κ2) is 9.56. The summed E-state index contributed by atoms with van der Waals surface area (Å²) in [4.78, 5) is 25.8. The average Bonchev–Trinajstić information content (AvgIpc) is 2.79. The molecule has 2 N–H and O–H groups in total. The van der Waals surface area contributed by atoms with Crippen LogP contribution in [-0.2, 0) is 16.1 Å². The van der Waals surface area contributed by atoms with E-state index in [1.807, 2.05) is 24.3 Å². The van der Waals surface area contributed by atoms with Crippen LogP contribution in [0, 0.1) is 11.7 Å². The van der Waals surface area contributed by atoms with E-state index in [4.69, 9.17) is 4.74 Å². The van der Waals surface area contributed by atoms with Crippen LogP contribution in [0.3, 0.4) is 0 Å². The molecule has 0 radical (unpaired) electrons. The Morgan fingerprint density at radius 2 is 2.00 bits per heavy atom. The molecule has 162 valence electrons. The van der Waals surface area contributed by atoms with Crippen molar-refractivity contribution in [3.63, 3.8) is 0 Å². The lowest BCUT2D eigenvalue weighted by atomic mass is 9.84. The molecule has 1 aliphatic heterocycles. The van der Waals surface area contributed by atoms with E-state index in [-0.39, 0.29) is 34.8 Å². The summed E-state index contributed by atoms with van der Waals surface area (Å²) in [6.45, 7) is 0.407. The number of hydrogen-bond acceptors (Lipinski definition) is 4. The number of hydrogen-bond donors (Lipinski definition) is 2. The molecule has 2 aliphatic rings. The van der Waals surface area contributed by atoms with Crippen molar-refractivity contribution < 1.29 is 18.7 Å². The minimum Gasteiger partial charge on any atom is -0.496 e. The van der Waals surface area contributed by atoms with Crippen molar-refractivity contribution >= 4 is 29.7 Å². The molecule has 1 saturated carbocycles. The zero-order valence-corrected chi connectivity index (χ0v) is 18.1. The lowest BCUT2D eigenvalue weighted by Crippen LogP contribution is -2.51. The highest BCUT2D eigenvalue weighted by molar-refractivity contribution is 8.04. The molecular formula is C24H25FN2O3S. The maximum Gasteiger partial charge on any atom is 0.257 e. The molecule has 3 atom stereocenters. The Kier molecular flexibility index (Phi) is 6.61. The van der Waals surface area contributed by atoms with Gasteiger partial charge < -0.3 is 15.4 Å². The third kappa shape index (κ3) is 4.93. The van der Waals surface area contributed by atoms with Gasteiger partial charge in [-0.2, -0.15) is 0 Å². The third-order valence-electron chi connectivity index (χ3n) is 5.81. The summed E-state index contributed by atoms with van der Waals surface area (Å²) in [7, 11) is 1.61. The Morgan fingerprint density at radius 1 is 1.23 bits per heavy atom. The quantitative estimate of drug-likeness (QED) is 0.693. The minimum atomic E-state index is -0.346. The normalized spacial score (nSPS) is 24.3. The molecule has 1 saturated heterocycles. The molecule has 4 rings (SSSR count). The van der Waals surface area contributed by atoms with Gasteiger partial charge >= 0.3 is 0 Å². The van der Waals surface area contributed by atoms with Crippen molar-refractivity contribution in [2.75, 3.05) is 7.11 Å². The molecule has 2 fully saturated rings. The molecule has 2 amide bonds. The highest BCUT2D eigenvalue weighted by Gasteiger charge is 2.39. The van der Waals surface area contributed by atoms with E-state index in [1.54, 1.807) is 31.4 Å². The Hall–Kier alpha value is -2.80. The monoisotopic (exact) mass is 440 g/mol. The van der Waals surface area contributed by atoms with Gasteiger partial charge in [0.15, 0.2) is 0 Å². The Bertz CT molecular complexity index is 1010. The molecule has 7 heteroatoms. The predicted molar refractivity (Wildman–Crippen MR) is 120 cm³/mol. The fourth-order valence-corrected chi connectivity index (χ4v) is 5.42. The van der Waals surface area contributed by atoms with E-state index in [0.29, 0.717) is 23.4 Å². The smallest absolute Gasteiger partial charge is 0.257 e. The van der Waals surface area contributed by atoms with Crippen molar-refractivity contribution in [2.24, 2.45) is 5.92 Å². The van der Waals surface area contributed by atoms with E-state index in [2.05, 4.69) is 10.6 Å². The summed E-state index contributed by atoms with van der Waals surface area (Å²) in [5.74, 6) is 0.0485. The van der Waals surface area contributed by atoms with Crippen LogP contribution in [0.15, 0.2) is 53.4 Å². The zero-order valence-electron chi connectivity index (χ0n) is 17.3. The number of benzene rings is 2. The van der Waals surface area contributed by atoms with Gasteiger partial charge in [-0.25, -0.2) is 4.39 Å². The SMILES string of the molecule is COc1ccccc1CNC(=O)C1CCC2S/C(=C/c3ccccc3F)C(=O)NC2C1. The maximum atomic E-state index is 13.9. The Balaban J connectivity index is 1.36. The fraction of sp³-hybridized carbons (Fsp3) is 0.333. The summed E-state index contributed by atoms with van der Waals surface area (Å²) in [5, 5.41) is 6.23. The molecule has 2 aromatic carbocycles. The van der Waals surface area contributed by atoms with Crippen LogP contribution in [0.25, 0.3) is 6.08 Å². The number of para-hydroxylation sites is 1. The van der Waals surface area contributed by atoms with Crippen LogP contribution < -0.4 is 15.4 Å². The van der Waals surface area contributed by atoms with Gasteiger partial charge in [-0.1, -0.05) is 36.4 Å². The molecule has 2 aromatic rings. The largest absolute Gasteiger partial charge is 0.496 e. The van der Waals surface area contributed by atoms with E-state index in [1.165, 1.54) is 17.8 Å². The molecule has 0 spiro atoms.